The molecule has 2 atom stereocenters. The van der Waals surface area contributed by atoms with E-state index in [4.69, 9.17) is 0 Å². The molecule has 0 aliphatic rings. The van der Waals surface area contributed by atoms with E-state index >= 15 is 0 Å². The van der Waals surface area contributed by atoms with Crippen LogP contribution in [0.4, 0.5) is 0 Å². The Labute approximate surface area is 103 Å². The summed E-state index contributed by atoms with van der Waals surface area (Å²) in [5.74, 6) is -0.0608. The Balaban J connectivity index is 5.57. The summed E-state index contributed by atoms with van der Waals surface area (Å²) >= 11 is -2.36. The maximum absolute atomic E-state index is 11.1. The molecular formula is C13H27GeNO. The van der Waals surface area contributed by atoms with E-state index in [1.54, 1.807) is 0 Å². The molecular weight excluding hydrogens is 259 g/mol. The van der Waals surface area contributed by atoms with E-state index in [0.29, 0.717) is 0 Å². The molecule has 3 heteroatoms. The normalized spacial score (nSPS) is 17.9. The van der Waals surface area contributed by atoms with Gasteiger partial charge in [0.15, 0.2) is 0 Å². The van der Waals surface area contributed by atoms with Gasteiger partial charge >= 0.3 is 103 Å². The molecule has 0 aromatic heterocycles. The van der Waals surface area contributed by atoms with Crippen LogP contribution in [-0.2, 0) is 0 Å². The molecule has 0 radical (unpaired) electrons. The third-order valence-corrected chi connectivity index (χ3v) is 18.8. The maximum atomic E-state index is 11.1. The zero-order valence-electron chi connectivity index (χ0n) is 11.7. The summed E-state index contributed by atoms with van der Waals surface area (Å²) in [5, 5.41) is 23.6. The third-order valence-electron chi connectivity index (χ3n) is 4.61. The average Bonchev–Trinajstić information content (AvgIpc) is 2.30. The van der Waals surface area contributed by atoms with Gasteiger partial charge in [-0.25, -0.2) is 0 Å². The Bertz CT molecular complexity index is 247. The van der Waals surface area contributed by atoms with Crippen LogP contribution in [0.3, 0.4) is 0 Å². The van der Waals surface area contributed by atoms with E-state index in [-0.39, 0.29) is 11.8 Å². The molecule has 0 aliphatic heterocycles. The van der Waals surface area contributed by atoms with Gasteiger partial charge in [0.05, 0.1) is 0 Å². The van der Waals surface area contributed by atoms with Gasteiger partial charge in [0.1, 0.15) is 0 Å². The van der Waals surface area contributed by atoms with Crippen molar-refractivity contribution in [2.75, 3.05) is 0 Å². The van der Waals surface area contributed by atoms with E-state index < -0.39 is 17.7 Å². The van der Waals surface area contributed by atoms with E-state index in [2.05, 4.69) is 40.7 Å². The third kappa shape index (κ3) is 2.31. The summed E-state index contributed by atoms with van der Waals surface area (Å²) in [5.41, 5.74) is 0. The average molecular weight is 286 g/mol. The first-order chi connectivity index (χ1) is 7.36. The summed E-state index contributed by atoms with van der Waals surface area (Å²) < 4.78 is -0.701. The van der Waals surface area contributed by atoms with Crippen molar-refractivity contribution >= 4 is 13.3 Å². The molecule has 0 saturated heterocycles. The molecule has 2 nitrogen and oxygen atoms in total. The number of nitrogens with zero attached hydrogens (tertiary/aromatic N) is 1. The molecule has 0 aliphatic carbocycles. The van der Waals surface area contributed by atoms with Gasteiger partial charge < -0.3 is 0 Å². The molecule has 1 N–H and O–H groups in total. The number of hydrogen-bond acceptors (Lipinski definition) is 2. The fraction of sp³-hybridized carbons (Fsp3) is 0.923. The molecule has 0 amide bonds. The summed E-state index contributed by atoms with van der Waals surface area (Å²) in [7, 11) is 0. The van der Waals surface area contributed by atoms with E-state index in [1.165, 1.54) is 0 Å². The Morgan fingerprint density at radius 3 is 1.69 bits per heavy atom. The molecule has 0 aromatic carbocycles. The SMILES string of the molecule is C[CH2][Ge]([CH2]C)([CH2]C)[C](O)(C(C)C)C(C)C#N. The van der Waals surface area contributed by atoms with Crippen LogP contribution in [0.25, 0.3) is 0 Å². The van der Waals surface area contributed by atoms with Crippen LogP contribution in [0.5, 0.6) is 0 Å². The van der Waals surface area contributed by atoms with Crippen LogP contribution < -0.4 is 0 Å². The molecule has 0 aromatic rings. The van der Waals surface area contributed by atoms with Crippen molar-refractivity contribution in [2.24, 2.45) is 11.8 Å². The molecule has 16 heavy (non-hydrogen) atoms. The van der Waals surface area contributed by atoms with Crippen molar-refractivity contribution in [2.45, 2.75) is 61.7 Å². The van der Waals surface area contributed by atoms with Crippen molar-refractivity contribution in [3.63, 3.8) is 0 Å². The second-order valence-electron chi connectivity index (χ2n) is 5.17. The summed E-state index contributed by atoms with van der Waals surface area (Å²) in [6.07, 6.45) is 0. The molecule has 94 valence electrons. The monoisotopic (exact) mass is 287 g/mol. The van der Waals surface area contributed by atoms with Crippen molar-refractivity contribution in [1.29, 1.82) is 5.26 Å². The zero-order valence-corrected chi connectivity index (χ0v) is 13.8. The molecule has 0 saturated carbocycles. The van der Waals surface area contributed by atoms with Crippen LogP contribution in [-0.4, -0.2) is 22.8 Å². The van der Waals surface area contributed by atoms with Gasteiger partial charge in [0.25, 0.3) is 0 Å². The van der Waals surface area contributed by atoms with Crippen molar-refractivity contribution in [1.82, 2.24) is 0 Å². The second-order valence-corrected chi connectivity index (χ2v) is 16.7. The standard InChI is InChI=1S/C13H27GeNO/c1-7-14(8-2,9-3)13(16,11(4)5)12(6)10-15/h11-12,16H,7-9H2,1-6H3. The molecule has 0 fully saturated rings. The number of rotatable bonds is 6. The van der Waals surface area contributed by atoms with Gasteiger partial charge in [0.2, 0.25) is 0 Å². The van der Waals surface area contributed by atoms with Crippen LogP contribution in [0, 0.1) is 23.2 Å². The zero-order chi connectivity index (χ0) is 13.0. The Hall–Kier alpha value is -0.00714. The van der Waals surface area contributed by atoms with Gasteiger partial charge in [-0.05, 0) is 0 Å². The van der Waals surface area contributed by atoms with Gasteiger partial charge in [-0.1, -0.05) is 0 Å². The van der Waals surface area contributed by atoms with Gasteiger partial charge in [-0.3, -0.25) is 0 Å². The summed E-state index contributed by atoms with van der Waals surface area (Å²) in [4.78, 5) is 0. The number of nitriles is 1. The van der Waals surface area contributed by atoms with Gasteiger partial charge in [-0.15, -0.1) is 0 Å². The Morgan fingerprint density at radius 1 is 1.12 bits per heavy atom. The Kier molecular flexibility index (Phi) is 6.07. The van der Waals surface area contributed by atoms with Crippen LogP contribution >= 0.6 is 0 Å². The predicted molar refractivity (Wildman–Crippen MR) is 71.8 cm³/mol. The molecule has 0 spiro atoms. The summed E-state index contributed by atoms with van der Waals surface area (Å²) in [6.45, 7) is 12.6. The van der Waals surface area contributed by atoms with Crippen molar-refractivity contribution < 1.29 is 5.11 Å². The van der Waals surface area contributed by atoms with Crippen LogP contribution in [0.1, 0.15) is 41.5 Å². The summed E-state index contributed by atoms with van der Waals surface area (Å²) in [6, 6.07) is 2.29. The van der Waals surface area contributed by atoms with Gasteiger partial charge in [0, 0.05) is 0 Å². The number of hydrogen-bond donors (Lipinski definition) is 1. The van der Waals surface area contributed by atoms with E-state index in [1.807, 2.05) is 6.92 Å². The topological polar surface area (TPSA) is 44.0 Å². The minimum atomic E-state index is -2.36. The quantitative estimate of drug-likeness (QED) is 0.758. The fourth-order valence-corrected chi connectivity index (χ4v) is 14.6. The van der Waals surface area contributed by atoms with Crippen molar-refractivity contribution in [3.05, 3.63) is 0 Å². The Morgan fingerprint density at radius 2 is 1.50 bits per heavy atom. The van der Waals surface area contributed by atoms with E-state index in [0.717, 1.165) is 15.8 Å². The molecule has 0 bridgehead atoms. The van der Waals surface area contributed by atoms with Gasteiger partial charge in [-0.2, -0.15) is 0 Å². The first-order valence-electron chi connectivity index (χ1n) is 6.48. The number of aliphatic hydroxyl groups is 1. The van der Waals surface area contributed by atoms with Crippen LogP contribution in [0.2, 0.25) is 15.8 Å². The predicted octanol–water partition coefficient (Wildman–Crippen LogP) is 3.58. The minimum absolute atomic E-state index is 0.182. The first kappa shape index (κ1) is 16.0. The fourth-order valence-electron chi connectivity index (χ4n) is 3.27. The van der Waals surface area contributed by atoms with Crippen LogP contribution in [0.15, 0.2) is 0 Å². The molecule has 0 rings (SSSR count). The molecule has 0 heterocycles. The van der Waals surface area contributed by atoms with E-state index in [9.17, 15) is 10.4 Å². The second kappa shape index (κ2) is 6.07. The molecule has 2 unspecified atom stereocenters. The van der Waals surface area contributed by atoms with Crippen molar-refractivity contribution in [3.8, 4) is 6.07 Å². The first-order valence-corrected chi connectivity index (χ1v) is 12.0.